The summed E-state index contributed by atoms with van der Waals surface area (Å²) in [6.07, 6.45) is 0.300. The van der Waals surface area contributed by atoms with Crippen molar-refractivity contribution in [2.24, 2.45) is 0 Å². The van der Waals surface area contributed by atoms with Crippen LogP contribution in [-0.2, 0) is 4.74 Å². The van der Waals surface area contributed by atoms with Crippen LogP contribution in [0.15, 0.2) is 28.9 Å². The Balaban J connectivity index is 1.49. The Labute approximate surface area is 211 Å². The van der Waals surface area contributed by atoms with E-state index in [9.17, 15) is 18.7 Å². The van der Waals surface area contributed by atoms with E-state index in [0.29, 0.717) is 18.8 Å². The second-order valence-corrected chi connectivity index (χ2v) is 10.9. The van der Waals surface area contributed by atoms with Gasteiger partial charge in [0.2, 0.25) is 0 Å². The topological polar surface area (TPSA) is 119 Å². The number of carbonyl (C=O) groups is 1. The van der Waals surface area contributed by atoms with E-state index in [4.69, 9.17) is 13.9 Å². The Hall–Kier alpha value is -3.48. The van der Waals surface area contributed by atoms with Crippen LogP contribution in [0.1, 0.15) is 47.5 Å². The third-order valence-electron chi connectivity index (χ3n) is 6.42. The highest BCUT2D eigenvalue weighted by Gasteiger charge is 2.49. The van der Waals surface area contributed by atoms with E-state index in [0.717, 1.165) is 26.7 Å². The zero-order valence-electron chi connectivity index (χ0n) is 21.3. The van der Waals surface area contributed by atoms with Crippen molar-refractivity contribution in [1.82, 2.24) is 24.9 Å². The molecule has 13 heteroatoms. The van der Waals surface area contributed by atoms with Gasteiger partial charge < -0.3 is 23.9 Å². The number of carbonyl (C=O) groups excluding carboxylic acids is 1. The molecule has 1 aromatic carbocycles. The van der Waals surface area contributed by atoms with E-state index in [2.05, 4.69) is 15.2 Å². The van der Waals surface area contributed by atoms with Crippen molar-refractivity contribution in [3.05, 3.63) is 24.5 Å². The molecule has 4 heterocycles. The number of piperazine rings is 1. The molecule has 2 unspecified atom stereocenters. The smallest absolute Gasteiger partial charge is 0.426 e. The molecule has 3 aromatic rings. The van der Waals surface area contributed by atoms with Crippen molar-refractivity contribution in [2.75, 3.05) is 18.0 Å². The number of hydrogen-bond donors (Lipinski definition) is 1. The molecule has 0 radical (unpaired) electrons. The van der Waals surface area contributed by atoms with Gasteiger partial charge in [0.1, 0.15) is 11.3 Å². The highest BCUT2D eigenvalue weighted by atomic mass is 19.3. The lowest BCUT2D eigenvalue weighted by Gasteiger charge is -2.40. The molecule has 2 aliphatic rings. The summed E-state index contributed by atoms with van der Waals surface area (Å²) in [4.78, 5) is 22.3. The number of nitrogens with zero attached hydrogens (tertiary/aromatic N) is 6. The molecule has 5 rings (SSSR count). The molecule has 2 bridgehead atoms. The van der Waals surface area contributed by atoms with E-state index in [1.165, 1.54) is 29.3 Å². The quantitative estimate of drug-likeness (QED) is 0.537. The fraction of sp³-hybridized carbons (Fsp3) is 0.583. The van der Waals surface area contributed by atoms with Crippen molar-refractivity contribution >= 4 is 23.2 Å². The minimum Gasteiger partial charge on any atom is -0.444 e. The van der Waals surface area contributed by atoms with Gasteiger partial charge >= 0.3 is 12.2 Å². The predicted molar refractivity (Wildman–Crippen MR) is 128 cm³/mol. The SMILES string of the molecule is CC(C)(C)OC(=O)N1C2CCC1CN(c1nc3c(OC(F)(F)C(C)(C)O)ccc(-n4nccn4)c3o1)C2. The molecule has 0 spiro atoms. The van der Waals surface area contributed by atoms with Crippen molar-refractivity contribution in [3.8, 4) is 11.4 Å². The minimum atomic E-state index is -3.90. The number of amides is 1. The fourth-order valence-electron chi connectivity index (χ4n) is 4.61. The normalized spacial score (nSPS) is 20.5. The number of alkyl halides is 2. The maximum atomic E-state index is 14.6. The van der Waals surface area contributed by atoms with E-state index >= 15 is 0 Å². The van der Waals surface area contributed by atoms with Crippen LogP contribution in [0.3, 0.4) is 0 Å². The number of ether oxygens (including phenoxy) is 2. The first kappa shape index (κ1) is 25.2. The molecule has 2 saturated heterocycles. The molecule has 1 amide bonds. The maximum absolute atomic E-state index is 14.6. The number of aliphatic hydroxyl groups is 1. The summed E-state index contributed by atoms with van der Waals surface area (Å²) in [5.41, 5.74) is -2.47. The zero-order valence-corrected chi connectivity index (χ0v) is 21.3. The fourth-order valence-corrected chi connectivity index (χ4v) is 4.61. The van der Waals surface area contributed by atoms with Gasteiger partial charge in [-0.1, -0.05) is 0 Å². The summed E-state index contributed by atoms with van der Waals surface area (Å²) in [5.74, 6) is -0.261. The van der Waals surface area contributed by atoms with Crippen LogP contribution in [0, 0.1) is 0 Å². The Bertz CT molecular complexity index is 1280. The second-order valence-electron chi connectivity index (χ2n) is 10.9. The minimum absolute atomic E-state index is 0.0376. The molecule has 2 atom stereocenters. The summed E-state index contributed by atoms with van der Waals surface area (Å²) in [6, 6.07) is 2.79. The molecular weight excluding hydrogens is 490 g/mol. The first-order chi connectivity index (χ1) is 17.2. The van der Waals surface area contributed by atoms with Gasteiger partial charge in [0, 0.05) is 13.1 Å². The first-order valence-corrected chi connectivity index (χ1v) is 12.1. The number of anilines is 1. The van der Waals surface area contributed by atoms with Crippen molar-refractivity contribution in [2.45, 2.75) is 76.9 Å². The molecule has 11 nitrogen and oxygen atoms in total. The zero-order chi connectivity index (χ0) is 26.8. The number of fused-ring (bicyclic) bond motifs is 3. The summed E-state index contributed by atoms with van der Waals surface area (Å²) >= 11 is 0. The van der Waals surface area contributed by atoms with Crippen molar-refractivity contribution < 1.29 is 32.6 Å². The van der Waals surface area contributed by atoms with Gasteiger partial charge in [0.05, 0.1) is 24.5 Å². The van der Waals surface area contributed by atoms with Crippen LogP contribution in [0.5, 0.6) is 5.75 Å². The Kier molecular flexibility index (Phi) is 5.81. The summed E-state index contributed by atoms with van der Waals surface area (Å²) in [5, 5.41) is 18.1. The Morgan fingerprint density at radius 1 is 1.08 bits per heavy atom. The lowest BCUT2D eigenvalue weighted by Crippen LogP contribution is -2.56. The van der Waals surface area contributed by atoms with E-state index in [1.807, 2.05) is 25.7 Å². The molecule has 1 N–H and O–H groups in total. The molecular formula is C24H30F2N6O5. The van der Waals surface area contributed by atoms with Gasteiger partial charge in [-0.25, -0.2) is 4.79 Å². The number of hydrogen-bond acceptors (Lipinski definition) is 9. The summed E-state index contributed by atoms with van der Waals surface area (Å²) in [6.45, 7) is 8.28. The van der Waals surface area contributed by atoms with E-state index in [1.54, 1.807) is 4.90 Å². The number of aromatic nitrogens is 4. The molecule has 2 aliphatic heterocycles. The highest BCUT2D eigenvalue weighted by Crippen LogP contribution is 2.40. The van der Waals surface area contributed by atoms with Gasteiger partial charge in [0.25, 0.3) is 6.01 Å². The van der Waals surface area contributed by atoms with Crippen molar-refractivity contribution in [1.29, 1.82) is 0 Å². The van der Waals surface area contributed by atoms with Crippen molar-refractivity contribution in [3.63, 3.8) is 0 Å². The van der Waals surface area contributed by atoms with Gasteiger partial charge in [0.15, 0.2) is 22.5 Å². The largest absolute Gasteiger partial charge is 0.444 e. The second kappa shape index (κ2) is 8.54. The first-order valence-electron chi connectivity index (χ1n) is 12.1. The Morgan fingerprint density at radius 2 is 1.70 bits per heavy atom. The number of rotatable bonds is 5. The van der Waals surface area contributed by atoms with Crippen LogP contribution < -0.4 is 9.64 Å². The predicted octanol–water partition coefficient (Wildman–Crippen LogP) is 3.74. The molecule has 2 fully saturated rings. The van der Waals surface area contributed by atoms with Crippen LogP contribution >= 0.6 is 0 Å². The molecule has 200 valence electrons. The average Bonchev–Trinajstić information content (AvgIpc) is 3.50. The standard InChI is InChI=1S/C24H30F2N6O5/c1-22(2,3)37-21(33)31-14-6-7-15(31)13-30(12-14)20-29-18-17(36-24(25,26)23(4,5)34)9-8-16(19(18)35-20)32-27-10-11-28-32/h8-11,14-15,34H,6-7,12-13H2,1-5H3. The monoisotopic (exact) mass is 520 g/mol. The molecule has 0 aliphatic carbocycles. The van der Waals surface area contributed by atoms with E-state index in [-0.39, 0.29) is 41.0 Å². The third kappa shape index (κ3) is 4.67. The molecule has 2 aromatic heterocycles. The molecule has 37 heavy (non-hydrogen) atoms. The maximum Gasteiger partial charge on any atom is 0.426 e. The third-order valence-corrected chi connectivity index (χ3v) is 6.42. The van der Waals surface area contributed by atoms with Gasteiger partial charge in [-0.2, -0.15) is 24.0 Å². The number of benzene rings is 1. The number of halogens is 2. The van der Waals surface area contributed by atoms with E-state index < -0.39 is 17.3 Å². The van der Waals surface area contributed by atoms with Crippen LogP contribution in [0.25, 0.3) is 16.8 Å². The number of oxazole rings is 1. The van der Waals surface area contributed by atoms with Gasteiger partial charge in [-0.3, -0.25) is 4.90 Å². The van der Waals surface area contributed by atoms with Gasteiger partial charge in [-0.05, 0) is 59.6 Å². The molecule has 0 saturated carbocycles. The lowest BCUT2D eigenvalue weighted by molar-refractivity contribution is -0.275. The average molecular weight is 521 g/mol. The van der Waals surface area contributed by atoms with Crippen LogP contribution in [0.2, 0.25) is 0 Å². The van der Waals surface area contributed by atoms with Gasteiger partial charge in [-0.15, -0.1) is 4.80 Å². The Morgan fingerprint density at radius 3 is 2.27 bits per heavy atom. The summed E-state index contributed by atoms with van der Waals surface area (Å²) in [7, 11) is 0. The highest BCUT2D eigenvalue weighted by molar-refractivity contribution is 5.88. The van der Waals surface area contributed by atoms with Crippen LogP contribution in [-0.4, -0.2) is 78.6 Å². The van der Waals surface area contributed by atoms with Crippen LogP contribution in [0.4, 0.5) is 19.6 Å². The lowest BCUT2D eigenvalue weighted by atomic mass is 10.1. The summed E-state index contributed by atoms with van der Waals surface area (Å²) < 4.78 is 45.9.